The molecule has 0 aromatic carbocycles. The van der Waals surface area contributed by atoms with Crippen molar-refractivity contribution in [1.29, 1.82) is 0 Å². The zero-order valence-corrected chi connectivity index (χ0v) is 12.0. The van der Waals surface area contributed by atoms with Crippen LogP contribution in [0.15, 0.2) is 11.7 Å². The van der Waals surface area contributed by atoms with Gasteiger partial charge in [0.1, 0.15) is 0 Å². The molecule has 0 N–H and O–H groups in total. The van der Waals surface area contributed by atoms with Crippen LogP contribution in [0.3, 0.4) is 0 Å². The molecule has 0 spiro atoms. The van der Waals surface area contributed by atoms with Crippen LogP contribution in [0.4, 0.5) is 79.0 Å². The molecule has 28 heavy (non-hydrogen) atoms. The largest absolute Gasteiger partial charge is 0.460 e. The van der Waals surface area contributed by atoms with Crippen LogP contribution in [-0.2, 0) is 0 Å². The monoisotopic (exact) mass is 464 g/mol. The number of hydrogen-bond acceptors (Lipinski definition) is 0. The summed E-state index contributed by atoms with van der Waals surface area (Å²) in [6.07, 6.45) is -34.6. The first-order valence-corrected chi connectivity index (χ1v) is 5.86. The fourth-order valence-corrected chi connectivity index (χ4v) is 1.66. The van der Waals surface area contributed by atoms with Crippen molar-refractivity contribution in [3.8, 4) is 0 Å². The van der Waals surface area contributed by atoms with Crippen LogP contribution in [0.5, 0.6) is 0 Å². The maximum atomic E-state index is 13.4. The van der Waals surface area contributed by atoms with Gasteiger partial charge in [-0.3, -0.25) is 0 Å². The Hall–Kier alpha value is -1.52. The highest BCUT2D eigenvalue weighted by Gasteiger charge is 2.83. The Morgan fingerprint density at radius 3 is 1.04 bits per heavy atom. The van der Waals surface area contributed by atoms with Crippen molar-refractivity contribution in [2.45, 2.75) is 43.0 Å². The Balaban J connectivity index is 7.28. The van der Waals surface area contributed by atoms with Gasteiger partial charge in [-0.15, -0.1) is 0 Å². The highest BCUT2D eigenvalue weighted by atomic mass is 19.4. The third-order valence-corrected chi connectivity index (χ3v) is 3.09. The molecule has 1 unspecified atom stereocenters. The van der Waals surface area contributed by atoms with Gasteiger partial charge in [-0.1, -0.05) is 0 Å². The van der Waals surface area contributed by atoms with Crippen LogP contribution in [0.25, 0.3) is 0 Å². The summed E-state index contributed by atoms with van der Waals surface area (Å²) in [7, 11) is 0. The zero-order valence-electron chi connectivity index (χ0n) is 12.0. The molecule has 0 saturated heterocycles. The van der Waals surface area contributed by atoms with Gasteiger partial charge in [0.05, 0.1) is 0 Å². The number of halogens is 18. The van der Waals surface area contributed by atoms with E-state index in [9.17, 15) is 79.0 Å². The lowest BCUT2D eigenvalue weighted by atomic mass is 9.78. The average Bonchev–Trinajstić information content (AvgIpc) is 2.41. The number of allylic oxidation sites excluding steroid dienone is 2. The summed E-state index contributed by atoms with van der Waals surface area (Å²) in [4.78, 5) is 0. The first-order chi connectivity index (χ1) is 11.9. The summed E-state index contributed by atoms with van der Waals surface area (Å²) >= 11 is 0. The van der Waals surface area contributed by atoms with Gasteiger partial charge in [0.15, 0.2) is 12.0 Å². The first kappa shape index (κ1) is 26.5. The molecule has 0 heterocycles. The number of rotatable bonds is 5. The first-order valence-electron chi connectivity index (χ1n) is 5.86. The summed E-state index contributed by atoms with van der Waals surface area (Å²) in [5, 5.41) is 0. The predicted molar refractivity (Wildman–Crippen MR) is 50.6 cm³/mol. The van der Waals surface area contributed by atoms with Crippen molar-refractivity contribution in [3.05, 3.63) is 11.7 Å². The predicted octanol–water partition coefficient (Wildman–Crippen LogP) is 6.68. The Morgan fingerprint density at radius 1 is 0.500 bits per heavy atom. The van der Waals surface area contributed by atoms with Crippen molar-refractivity contribution < 1.29 is 79.0 Å². The summed E-state index contributed by atoms with van der Waals surface area (Å²) in [6.45, 7) is 0. The second-order valence-electron chi connectivity index (χ2n) is 4.81. The Bertz CT molecular complexity index is 571. The molecule has 0 bridgehead atoms. The molecule has 0 aliphatic rings. The van der Waals surface area contributed by atoms with Crippen molar-refractivity contribution in [2.24, 2.45) is 5.41 Å². The summed E-state index contributed by atoms with van der Waals surface area (Å²) < 4.78 is 226. The van der Waals surface area contributed by atoms with Crippen molar-refractivity contribution >= 4 is 0 Å². The second kappa shape index (κ2) is 7.07. The Morgan fingerprint density at radius 2 is 0.821 bits per heavy atom. The minimum Gasteiger partial charge on any atom is -0.239 e. The van der Waals surface area contributed by atoms with Crippen LogP contribution >= 0.6 is 0 Å². The minimum absolute atomic E-state index is 5.38. The molecule has 0 nitrogen and oxygen atoms in total. The van der Waals surface area contributed by atoms with E-state index in [1.807, 2.05) is 0 Å². The van der Waals surface area contributed by atoms with E-state index in [2.05, 4.69) is 0 Å². The van der Waals surface area contributed by atoms with E-state index >= 15 is 0 Å². The molecule has 0 aromatic heterocycles. The molecule has 0 amide bonds. The highest BCUT2D eigenvalue weighted by Crippen LogP contribution is 2.62. The van der Waals surface area contributed by atoms with Gasteiger partial charge in [-0.05, 0) is 0 Å². The fourth-order valence-electron chi connectivity index (χ4n) is 1.66. The van der Waals surface area contributed by atoms with Crippen molar-refractivity contribution in [3.63, 3.8) is 0 Å². The lowest BCUT2D eigenvalue weighted by molar-refractivity contribution is -0.362. The normalized spacial score (nSPS) is 17.7. The molecular weight excluding hydrogens is 462 g/mol. The molecule has 0 aromatic rings. The van der Waals surface area contributed by atoms with Gasteiger partial charge in [-0.2, -0.15) is 57.1 Å². The number of hydrogen-bond donors (Lipinski definition) is 0. The minimum atomic E-state index is -7.82. The summed E-state index contributed by atoms with van der Waals surface area (Å²) in [6, 6.07) is 0. The van der Waals surface area contributed by atoms with Crippen LogP contribution in [-0.4, -0.2) is 43.0 Å². The lowest BCUT2D eigenvalue weighted by Crippen LogP contribution is -2.60. The van der Waals surface area contributed by atoms with E-state index in [1.165, 1.54) is 0 Å². The maximum absolute atomic E-state index is 13.4. The van der Waals surface area contributed by atoms with E-state index in [0.29, 0.717) is 0 Å². The van der Waals surface area contributed by atoms with Gasteiger partial charge in [-0.25, -0.2) is 22.0 Å². The van der Waals surface area contributed by atoms with Crippen LogP contribution in [0.2, 0.25) is 0 Å². The molecule has 0 saturated carbocycles. The van der Waals surface area contributed by atoms with Gasteiger partial charge < -0.3 is 0 Å². The summed E-state index contributed by atoms with van der Waals surface area (Å²) in [5.41, 5.74) is -7.52. The SMILES string of the molecule is FC(=C(F)C(C(F)C(F)F)(C(F)(F)F)C(F)(F)F)C(F)(F)C(F)(F)C(F)(F)F. The van der Waals surface area contributed by atoms with E-state index in [0.717, 1.165) is 0 Å². The van der Waals surface area contributed by atoms with Gasteiger partial charge in [0, 0.05) is 0 Å². The quantitative estimate of drug-likeness (QED) is 0.398. The van der Waals surface area contributed by atoms with Crippen LogP contribution < -0.4 is 0 Å². The molecule has 0 rings (SSSR count). The lowest BCUT2D eigenvalue weighted by Gasteiger charge is -2.38. The van der Waals surface area contributed by atoms with Crippen LogP contribution in [0.1, 0.15) is 0 Å². The topological polar surface area (TPSA) is 0 Å². The third kappa shape index (κ3) is 3.69. The molecule has 0 fully saturated rings. The highest BCUT2D eigenvalue weighted by molar-refractivity contribution is 5.27. The Labute approximate surface area is 140 Å². The van der Waals surface area contributed by atoms with E-state index < -0.39 is 60.0 Å². The maximum Gasteiger partial charge on any atom is 0.460 e. The van der Waals surface area contributed by atoms with Crippen molar-refractivity contribution in [1.82, 2.24) is 0 Å². The standard InChI is InChI=1S/C10H2F18/c11-1(2(12)6(16,17)7(18,19)10(26,27)28)5(8(20,21)22,9(23,24)25)3(13)4(14)15/h3-4H. The molecule has 0 radical (unpaired) electrons. The fraction of sp³-hybridized carbons (Fsp3) is 0.800. The smallest absolute Gasteiger partial charge is 0.239 e. The van der Waals surface area contributed by atoms with E-state index in [-0.39, 0.29) is 0 Å². The van der Waals surface area contributed by atoms with Crippen LogP contribution in [0, 0.1) is 5.41 Å². The molecule has 168 valence electrons. The third-order valence-electron chi connectivity index (χ3n) is 3.09. The van der Waals surface area contributed by atoms with Gasteiger partial charge in [0.2, 0.25) is 5.83 Å². The molecule has 0 aliphatic carbocycles. The molecular formula is C10H2F18. The Kier molecular flexibility index (Phi) is 6.68. The average molecular weight is 464 g/mol. The summed E-state index contributed by atoms with van der Waals surface area (Å²) in [5.74, 6) is -26.4. The second-order valence-corrected chi connectivity index (χ2v) is 4.81. The zero-order chi connectivity index (χ0) is 23.3. The molecule has 1 atom stereocenters. The van der Waals surface area contributed by atoms with E-state index in [1.54, 1.807) is 0 Å². The van der Waals surface area contributed by atoms with E-state index in [4.69, 9.17) is 0 Å². The molecule has 0 aliphatic heterocycles. The molecule has 18 heteroatoms. The number of alkyl halides is 16. The van der Waals surface area contributed by atoms with Gasteiger partial charge in [0.25, 0.3) is 11.8 Å². The van der Waals surface area contributed by atoms with Crippen molar-refractivity contribution in [2.75, 3.05) is 0 Å². The van der Waals surface area contributed by atoms with Gasteiger partial charge >= 0.3 is 30.4 Å².